The van der Waals surface area contributed by atoms with Crippen LogP contribution >= 0.6 is 11.6 Å². The third kappa shape index (κ3) is 3.62. The van der Waals surface area contributed by atoms with E-state index in [2.05, 4.69) is 4.98 Å². The summed E-state index contributed by atoms with van der Waals surface area (Å²) in [5.41, 5.74) is -0.487. The van der Waals surface area contributed by atoms with E-state index in [4.69, 9.17) is 11.6 Å². The minimum atomic E-state index is -4.40. The number of aromatic nitrogens is 2. The summed E-state index contributed by atoms with van der Waals surface area (Å²) in [5.74, 6) is -0.192. The lowest BCUT2D eigenvalue weighted by molar-refractivity contribution is -0.119. The number of hydrogen-bond acceptors (Lipinski definition) is 3. The molecule has 0 saturated heterocycles. The average Bonchev–Trinajstić information content (AvgIpc) is 3.11. The van der Waals surface area contributed by atoms with Gasteiger partial charge in [0.2, 0.25) is 0 Å². The van der Waals surface area contributed by atoms with Crippen LogP contribution in [0, 0.1) is 0 Å². The topological polar surface area (TPSA) is 38.1 Å². The van der Waals surface area contributed by atoms with E-state index in [0.29, 0.717) is 0 Å². The lowest BCUT2D eigenvalue weighted by Gasteiger charge is -2.23. The van der Waals surface area contributed by atoms with Gasteiger partial charge in [-0.05, 0) is 12.8 Å². The highest BCUT2D eigenvalue weighted by molar-refractivity contribution is 6.18. The normalized spacial score (nSPS) is 15.6. The predicted molar refractivity (Wildman–Crippen MR) is 65.8 cm³/mol. The molecule has 0 aromatic carbocycles. The van der Waals surface area contributed by atoms with Gasteiger partial charge in [-0.2, -0.15) is 13.2 Å². The van der Waals surface area contributed by atoms with E-state index in [9.17, 15) is 18.0 Å². The quantitative estimate of drug-likeness (QED) is 0.782. The van der Waals surface area contributed by atoms with E-state index >= 15 is 0 Å². The lowest BCUT2D eigenvalue weighted by Crippen LogP contribution is -2.40. The van der Waals surface area contributed by atoms with Gasteiger partial charge in [-0.1, -0.05) is 0 Å². The first-order valence-corrected chi connectivity index (χ1v) is 6.40. The Labute approximate surface area is 112 Å². The fourth-order valence-electron chi connectivity index (χ4n) is 1.85. The first-order valence-electron chi connectivity index (χ1n) is 5.87. The molecule has 1 saturated carbocycles. The smallest absolute Gasteiger partial charge is 0.342 e. The molecule has 0 amide bonds. The third-order valence-corrected chi connectivity index (χ3v) is 2.98. The zero-order valence-corrected chi connectivity index (χ0v) is 10.8. The van der Waals surface area contributed by atoms with Gasteiger partial charge in [0.05, 0.1) is 0 Å². The van der Waals surface area contributed by atoms with Crippen molar-refractivity contribution in [2.45, 2.75) is 25.1 Å². The largest absolute Gasteiger partial charge is 0.405 e. The van der Waals surface area contributed by atoms with Gasteiger partial charge in [0, 0.05) is 30.9 Å². The molecular formula is C11H13ClF3N3O. The highest BCUT2D eigenvalue weighted by Crippen LogP contribution is 2.33. The molecule has 0 N–H and O–H groups in total. The molecule has 0 spiro atoms. The minimum Gasteiger partial charge on any atom is -0.342 e. The zero-order chi connectivity index (χ0) is 14.0. The van der Waals surface area contributed by atoms with E-state index in [1.807, 2.05) is 0 Å². The maximum Gasteiger partial charge on any atom is 0.405 e. The van der Waals surface area contributed by atoms with E-state index in [1.54, 1.807) is 0 Å². The molecule has 0 atom stereocenters. The Morgan fingerprint density at radius 3 is 2.68 bits per heavy atom. The second-order valence-electron chi connectivity index (χ2n) is 4.42. The highest BCUT2D eigenvalue weighted by atomic mass is 35.5. The fourth-order valence-corrected chi connectivity index (χ4v) is 2.05. The second kappa shape index (κ2) is 5.40. The lowest BCUT2D eigenvalue weighted by atomic mass is 10.4. The van der Waals surface area contributed by atoms with Gasteiger partial charge in [-0.25, -0.2) is 4.98 Å². The number of rotatable bonds is 5. The van der Waals surface area contributed by atoms with Crippen molar-refractivity contribution in [1.29, 1.82) is 0 Å². The summed E-state index contributed by atoms with van der Waals surface area (Å²) in [6, 6.07) is 0.0954. The number of nitrogens with zero attached hydrogens (tertiary/aromatic N) is 3. The van der Waals surface area contributed by atoms with Crippen molar-refractivity contribution in [3.05, 3.63) is 22.7 Å². The maximum atomic E-state index is 12.5. The van der Waals surface area contributed by atoms with Crippen LogP contribution in [0.3, 0.4) is 0 Å². The predicted octanol–water partition coefficient (Wildman–Crippen LogP) is 2.19. The fraction of sp³-hybridized carbons (Fsp3) is 0.636. The van der Waals surface area contributed by atoms with Crippen molar-refractivity contribution in [2.24, 2.45) is 0 Å². The van der Waals surface area contributed by atoms with Crippen molar-refractivity contribution in [3.8, 4) is 0 Å². The molecule has 1 aromatic heterocycles. The number of hydrogen-bond donors (Lipinski definition) is 0. The molecule has 0 radical (unpaired) electrons. The van der Waals surface area contributed by atoms with Crippen LogP contribution in [0.15, 0.2) is 17.2 Å². The number of alkyl halides is 4. The Hall–Kier alpha value is -1.24. The van der Waals surface area contributed by atoms with Gasteiger partial charge in [0.15, 0.2) is 5.82 Å². The Kier molecular flexibility index (Phi) is 4.03. The number of halogens is 4. The third-order valence-electron chi connectivity index (χ3n) is 2.81. The van der Waals surface area contributed by atoms with E-state index in [-0.39, 0.29) is 24.3 Å². The minimum absolute atomic E-state index is 0.00444. The van der Waals surface area contributed by atoms with Crippen molar-refractivity contribution in [2.75, 3.05) is 23.9 Å². The molecule has 1 heterocycles. The van der Waals surface area contributed by atoms with E-state index in [0.717, 1.165) is 17.7 Å². The van der Waals surface area contributed by atoms with Gasteiger partial charge in [0.1, 0.15) is 6.54 Å². The van der Waals surface area contributed by atoms with Crippen LogP contribution in [0.2, 0.25) is 0 Å². The zero-order valence-electron chi connectivity index (χ0n) is 10.0. The summed E-state index contributed by atoms with van der Waals surface area (Å²) >= 11 is 5.50. The molecule has 1 aromatic rings. The molecule has 106 valence electrons. The Morgan fingerprint density at radius 2 is 2.16 bits per heavy atom. The molecule has 1 fully saturated rings. The van der Waals surface area contributed by atoms with Gasteiger partial charge < -0.3 is 9.47 Å². The van der Waals surface area contributed by atoms with Crippen molar-refractivity contribution in [3.63, 3.8) is 0 Å². The van der Waals surface area contributed by atoms with Crippen LogP contribution in [0.1, 0.15) is 18.9 Å². The highest BCUT2D eigenvalue weighted by Gasteiger charge is 2.33. The molecule has 2 rings (SSSR count). The molecule has 1 aliphatic carbocycles. The molecule has 1 aliphatic rings. The maximum absolute atomic E-state index is 12.5. The summed E-state index contributed by atoms with van der Waals surface area (Å²) in [4.78, 5) is 16.8. The monoisotopic (exact) mass is 295 g/mol. The van der Waals surface area contributed by atoms with Crippen molar-refractivity contribution < 1.29 is 13.2 Å². The first kappa shape index (κ1) is 14.2. The van der Waals surface area contributed by atoms with Crippen molar-refractivity contribution in [1.82, 2.24) is 9.55 Å². The van der Waals surface area contributed by atoms with Gasteiger partial charge in [0.25, 0.3) is 5.56 Å². The van der Waals surface area contributed by atoms with Crippen LogP contribution in [-0.4, -0.2) is 34.7 Å². The van der Waals surface area contributed by atoms with Gasteiger partial charge >= 0.3 is 6.18 Å². The van der Waals surface area contributed by atoms with Crippen LogP contribution in [-0.2, 0) is 0 Å². The molecular weight excluding hydrogens is 283 g/mol. The van der Waals surface area contributed by atoms with Gasteiger partial charge in [-0.15, -0.1) is 11.6 Å². The molecule has 19 heavy (non-hydrogen) atoms. The second-order valence-corrected chi connectivity index (χ2v) is 4.80. The van der Waals surface area contributed by atoms with Crippen LogP contribution in [0.5, 0.6) is 0 Å². The van der Waals surface area contributed by atoms with Crippen LogP contribution in [0.4, 0.5) is 19.0 Å². The van der Waals surface area contributed by atoms with Crippen molar-refractivity contribution >= 4 is 17.4 Å². The summed E-state index contributed by atoms with van der Waals surface area (Å²) in [7, 11) is 0. The Morgan fingerprint density at radius 1 is 1.47 bits per heavy atom. The Bertz CT molecular complexity index is 499. The summed E-state index contributed by atoms with van der Waals surface area (Å²) in [5, 5.41) is 0. The summed E-state index contributed by atoms with van der Waals surface area (Å²) < 4.78 is 38.9. The molecule has 4 nitrogen and oxygen atoms in total. The summed E-state index contributed by atoms with van der Waals surface area (Å²) in [6.07, 6.45) is 0.208. The average molecular weight is 296 g/mol. The van der Waals surface area contributed by atoms with Crippen LogP contribution < -0.4 is 10.5 Å². The van der Waals surface area contributed by atoms with E-state index < -0.39 is 18.3 Å². The van der Waals surface area contributed by atoms with E-state index in [1.165, 1.54) is 17.0 Å². The molecule has 8 heteroatoms. The standard InChI is InChI=1S/C11H13ClF3N3O/c12-3-5-17(7-11(13,14)15)9-10(19)18(6-4-16-9)8-1-2-8/h4,6,8H,1-3,5,7H2. The molecule has 0 bridgehead atoms. The molecule has 0 unspecified atom stereocenters. The first-order chi connectivity index (χ1) is 8.92. The SMILES string of the molecule is O=c1c(N(CCCl)CC(F)(F)F)nccn1C1CC1. The Balaban J connectivity index is 2.30. The van der Waals surface area contributed by atoms with Gasteiger partial charge in [-0.3, -0.25) is 4.79 Å². The molecule has 0 aliphatic heterocycles. The summed E-state index contributed by atoms with van der Waals surface area (Å²) in [6.45, 7) is -1.30. The van der Waals surface area contributed by atoms with Crippen LogP contribution in [0.25, 0.3) is 0 Å². The number of anilines is 1.